The van der Waals surface area contributed by atoms with Crippen LogP contribution in [-0.4, -0.2) is 33.1 Å². The lowest BCUT2D eigenvalue weighted by Gasteiger charge is -2.34. The number of halogens is 1. The summed E-state index contributed by atoms with van der Waals surface area (Å²) in [5.74, 6) is 0.723. The molecule has 0 heterocycles. The number of ether oxygens (including phenoxy) is 1. The number of hydrogen-bond acceptors (Lipinski definition) is 4. The third-order valence-corrected chi connectivity index (χ3v) is 6.34. The van der Waals surface area contributed by atoms with Crippen molar-refractivity contribution in [3.63, 3.8) is 0 Å². The maximum atomic E-state index is 12.1. The lowest BCUT2D eigenvalue weighted by molar-refractivity contribution is 0.408. The minimum Gasteiger partial charge on any atom is -0.496 e. The molecule has 114 valence electrons. The first-order valence-electron chi connectivity index (χ1n) is 6.41. The Morgan fingerprint density at radius 3 is 2.40 bits per heavy atom. The standard InChI is InChI=1S/C14H22BrNO3S/c1-6-16-13(14(2,3)20(5,17)18)10-7-8-12(19-4)11(15)9-10/h7-9,13,16H,6H2,1-5H3. The fourth-order valence-electron chi connectivity index (χ4n) is 2.05. The SMILES string of the molecule is CCNC(c1ccc(OC)c(Br)c1)C(C)(C)S(C)(=O)=O. The smallest absolute Gasteiger partial charge is 0.154 e. The molecule has 0 saturated heterocycles. The van der Waals surface area contributed by atoms with Gasteiger partial charge in [0, 0.05) is 6.26 Å². The Balaban J connectivity index is 3.31. The van der Waals surface area contributed by atoms with Gasteiger partial charge in [0.25, 0.3) is 0 Å². The second kappa shape index (κ2) is 6.45. The Hall–Kier alpha value is -0.590. The van der Waals surface area contributed by atoms with Gasteiger partial charge in [-0.25, -0.2) is 8.42 Å². The molecular weight excluding hydrogens is 342 g/mol. The molecule has 1 unspecified atom stereocenters. The highest BCUT2D eigenvalue weighted by Crippen LogP contribution is 2.35. The zero-order valence-electron chi connectivity index (χ0n) is 12.5. The Bertz CT molecular complexity index is 570. The summed E-state index contributed by atoms with van der Waals surface area (Å²) in [6.07, 6.45) is 1.27. The van der Waals surface area contributed by atoms with E-state index in [-0.39, 0.29) is 6.04 Å². The molecule has 1 rings (SSSR count). The summed E-state index contributed by atoms with van der Waals surface area (Å²) in [7, 11) is -1.61. The zero-order chi connectivity index (χ0) is 15.6. The first-order valence-corrected chi connectivity index (χ1v) is 9.10. The maximum absolute atomic E-state index is 12.1. The highest BCUT2D eigenvalue weighted by Gasteiger charge is 2.39. The second-order valence-corrected chi connectivity index (χ2v) is 8.71. The minimum absolute atomic E-state index is 0.287. The lowest BCUT2D eigenvalue weighted by Crippen LogP contribution is -2.45. The average molecular weight is 364 g/mol. The van der Waals surface area contributed by atoms with Crippen molar-refractivity contribution >= 4 is 25.8 Å². The van der Waals surface area contributed by atoms with Gasteiger partial charge in [-0.3, -0.25) is 0 Å². The maximum Gasteiger partial charge on any atom is 0.154 e. The Labute approximate surface area is 130 Å². The highest BCUT2D eigenvalue weighted by molar-refractivity contribution is 9.10. The van der Waals surface area contributed by atoms with Crippen LogP contribution < -0.4 is 10.1 Å². The third-order valence-electron chi connectivity index (χ3n) is 3.57. The molecule has 0 spiro atoms. The zero-order valence-corrected chi connectivity index (χ0v) is 14.9. The van der Waals surface area contributed by atoms with Crippen LogP contribution in [-0.2, 0) is 9.84 Å². The van der Waals surface area contributed by atoms with E-state index in [1.807, 2.05) is 25.1 Å². The normalized spacial score (nSPS) is 14.1. The van der Waals surface area contributed by atoms with Gasteiger partial charge in [-0.2, -0.15) is 0 Å². The van der Waals surface area contributed by atoms with Crippen LogP contribution in [0.3, 0.4) is 0 Å². The van der Waals surface area contributed by atoms with Gasteiger partial charge in [-0.05, 0) is 54.0 Å². The number of sulfone groups is 1. The van der Waals surface area contributed by atoms with Gasteiger partial charge in [0.2, 0.25) is 0 Å². The van der Waals surface area contributed by atoms with E-state index >= 15 is 0 Å². The summed E-state index contributed by atoms with van der Waals surface area (Å²) in [4.78, 5) is 0. The van der Waals surface area contributed by atoms with Crippen molar-refractivity contribution in [1.82, 2.24) is 5.32 Å². The van der Waals surface area contributed by atoms with Crippen molar-refractivity contribution in [2.75, 3.05) is 19.9 Å². The van der Waals surface area contributed by atoms with Crippen molar-refractivity contribution in [2.45, 2.75) is 31.6 Å². The van der Waals surface area contributed by atoms with Crippen LogP contribution in [0.4, 0.5) is 0 Å². The molecule has 0 fully saturated rings. The van der Waals surface area contributed by atoms with Crippen LogP contribution >= 0.6 is 15.9 Å². The van der Waals surface area contributed by atoms with E-state index < -0.39 is 14.6 Å². The molecule has 1 N–H and O–H groups in total. The molecule has 0 radical (unpaired) electrons. The van der Waals surface area contributed by atoms with E-state index in [1.165, 1.54) is 6.26 Å². The van der Waals surface area contributed by atoms with Gasteiger partial charge in [-0.15, -0.1) is 0 Å². The molecule has 0 aliphatic heterocycles. The van der Waals surface area contributed by atoms with E-state index in [1.54, 1.807) is 21.0 Å². The predicted octanol–water partition coefficient (Wildman–Crippen LogP) is 2.93. The Morgan fingerprint density at radius 1 is 1.40 bits per heavy atom. The molecule has 0 aliphatic carbocycles. The molecule has 0 saturated carbocycles. The van der Waals surface area contributed by atoms with Gasteiger partial charge in [0.15, 0.2) is 9.84 Å². The van der Waals surface area contributed by atoms with Crippen LogP contribution in [0, 0.1) is 0 Å². The van der Waals surface area contributed by atoms with E-state index in [2.05, 4.69) is 21.2 Å². The van der Waals surface area contributed by atoms with Gasteiger partial charge < -0.3 is 10.1 Å². The van der Waals surface area contributed by atoms with Crippen LogP contribution in [0.15, 0.2) is 22.7 Å². The number of methoxy groups -OCH3 is 1. The topological polar surface area (TPSA) is 55.4 Å². The van der Waals surface area contributed by atoms with Crippen molar-refractivity contribution in [3.8, 4) is 5.75 Å². The molecule has 0 bridgehead atoms. The van der Waals surface area contributed by atoms with Crippen molar-refractivity contribution in [3.05, 3.63) is 28.2 Å². The largest absolute Gasteiger partial charge is 0.496 e. The van der Waals surface area contributed by atoms with Crippen molar-refractivity contribution in [2.24, 2.45) is 0 Å². The Morgan fingerprint density at radius 2 is 2.00 bits per heavy atom. The first kappa shape index (κ1) is 17.5. The van der Waals surface area contributed by atoms with Gasteiger partial charge >= 0.3 is 0 Å². The summed E-state index contributed by atoms with van der Waals surface area (Å²) in [5.41, 5.74) is 0.912. The number of nitrogens with one attached hydrogen (secondary N) is 1. The monoisotopic (exact) mass is 363 g/mol. The summed E-state index contributed by atoms with van der Waals surface area (Å²) >= 11 is 3.44. The predicted molar refractivity (Wildman–Crippen MR) is 86.0 cm³/mol. The number of hydrogen-bond donors (Lipinski definition) is 1. The quantitative estimate of drug-likeness (QED) is 0.843. The van der Waals surface area contributed by atoms with Crippen LogP contribution in [0.1, 0.15) is 32.4 Å². The second-order valence-electron chi connectivity index (χ2n) is 5.26. The molecule has 6 heteroatoms. The fraction of sp³-hybridized carbons (Fsp3) is 0.571. The lowest BCUT2D eigenvalue weighted by atomic mass is 9.95. The van der Waals surface area contributed by atoms with Crippen molar-refractivity contribution < 1.29 is 13.2 Å². The van der Waals surface area contributed by atoms with E-state index in [0.717, 1.165) is 15.8 Å². The third kappa shape index (κ3) is 3.54. The van der Waals surface area contributed by atoms with Crippen molar-refractivity contribution in [1.29, 1.82) is 0 Å². The number of rotatable bonds is 6. The molecule has 4 nitrogen and oxygen atoms in total. The van der Waals surface area contributed by atoms with Gasteiger partial charge in [-0.1, -0.05) is 13.0 Å². The van der Waals surface area contributed by atoms with Crippen LogP contribution in [0.2, 0.25) is 0 Å². The molecule has 0 aromatic heterocycles. The molecule has 0 aliphatic rings. The minimum atomic E-state index is -3.21. The Kier molecular flexibility index (Phi) is 5.63. The average Bonchev–Trinajstić information content (AvgIpc) is 2.34. The summed E-state index contributed by atoms with van der Waals surface area (Å²) < 4.78 is 29.3. The molecule has 20 heavy (non-hydrogen) atoms. The number of benzene rings is 1. The molecule has 0 amide bonds. The summed E-state index contributed by atoms with van der Waals surface area (Å²) in [5, 5.41) is 3.27. The van der Waals surface area contributed by atoms with E-state index in [0.29, 0.717) is 6.54 Å². The van der Waals surface area contributed by atoms with E-state index in [9.17, 15) is 8.42 Å². The van der Waals surface area contributed by atoms with Crippen LogP contribution in [0.5, 0.6) is 5.75 Å². The van der Waals surface area contributed by atoms with Gasteiger partial charge in [0.1, 0.15) is 5.75 Å². The first-order chi connectivity index (χ1) is 9.15. The molecule has 1 aromatic rings. The molecule has 1 aromatic carbocycles. The van der Waals surface area contributed by atoms with E-state index in [4.69, 9.17) is 4.74 Å². The fourth-order valence-corrected chi connectivity index (χ4v) is 3.25. The van der Waals surface area contributed by atoms with Crippen LogP contribution in [0.25, 0.3) is 0 Å². The summed E-state index contributed by atoms with van der Waals surface area (Å²) in [6.45, 7) is 6.14. The molecule has 1 atom stereocenters. The summed E-state index contributed by atoms with van der Waals surface area (Å²) in [6, 6.07) is 5.34. The highest BCUT2D eigenvalue weighted by atomic mass is 79.9. The molecular formula is C14H22BrNO3S. The van der Waals surface area contributed by atoms with Gasteiger partial charge in [0.05, 0.1) is 22.4 Å².